The summed E-state index contributed by atoms with van der Waals surface area (Å²) >= 11 is 3.27. The quantitative estimate of drug-likeness (QED) is 0.763. The molecule has 0 radical (unpaired) electrons. The van der Waals surface area contributed by atoms with Gasteiger partial charge in [0.2, 0.25) is 0 Å². The van der Waals surface area contributed by atoms with Gasteiger partial charge in [-0.25, -0.2) is 4.98 Å². The molecule has 0 fully saturated rings. The zero-order valence-corrected chi connectivity index (χ0v) is 10.5. The third-order valence-electron chi connectivity index (χ3n) is 1.71. The number of aromatic nitrogens is 2. The number of aryl methyl sites for hydroxylation is 1. The number of nitrogens with zero attached hydrogens (tertiary/aromatic N) is 2. The van der Waals surface area contributed by atoms with Gasteiger partial charge in [-0.15, -0.1) is 0 Å². The van der Waals surface area contributed by atoms with E-state index in [1.165, 1.54) is 18.0 Å². The summed E-state index contributed by atoms with van der Waals surface area (Å²) < 4.78 is 5.22. The Morgan fingerprint density at radius 1 is 1.57 bits per heavy atom. The van der Waals surface area contributed by atoms with E-state index < -0.39 is 0 Å². The summed E-state index contributed by atoms with van der Waals surface area (Å²) in [6.07, 6.45) is 1.19. The number of rotatable bonds is 6. The van der Waals surface area contributed by atoms with Gasteiger partial charge in [0, 0.05) is 11.8 Å². The molecule has 1 N–H and O–H groups in total. The van der Waals surface area contributed by atoms with Crippen LogP contribution in [0.2, 0.25) is 0 Å². The van der Waals surface area contributed by atoms with Gasteiger partial charge in [-0.05, 0) is 38.3 Å². The van der Waals surface area contributed by atoms with Crippen molar-refractivity contribution in [2.45, 2.75) is 37.6 Å². The Balaban J connectivity index is 2.20. The molecule has 3 nitrogen and oxygen atoms in total. The second-order valence-electron chi connectivity index (χ2n) is 3.27. The highest BCUT2D eigenvalue weighted by atomic mass is 32.2. The van der Waals surface area contributed by atoms with Crippen LogP contribution in [-0.2, 0) is 0 Å². The third-order valence-corrected chi connectivity index (χ3v) is 3.89. The zero-order chi connectivity index (χ0) is 10.4. The Morgan fingerprint density at radius 3 is 2.93 bits per heavy atom. The number of thioether (sulfide) groups is 1. The molecule has 1 unspecified atom stereocenters. The van der Waals surface area contributed by atoms with Gasteiger partial charge in [-0.3, -0.25) is 0 Å². The van der Waals surface area contributed by atoms with Crippen molar-refractivity contribution in [2.75, 3.05) is 12.3 Å². The maximum Gasteiger partial charge on any atom is 0.170 e. The first-order chi connectivity index (χ1) is 6.72. The largest absolute Gasteiger partial charge is 0.313 e. The Bertz CT molecular complexity index is 262. The fourth-order valence-electron chi connectivity index (χ4n) is 0.983. The monoisotopic (exact) mass is 231 g/mol. The Hall–Kier alpha value is -0.130. The molecular formula is C9H17N3S2. The van der Waals surface area contributed by atoms with E-state index in [9.17, 15) is 0 Å². The fourth-order valence-corrected chi connectivity index (χ4v) is 2.64. The van der Waals surface area contributed by atoms with Crippen molar-refractivity contribution in [1.29, 1.82) is 0 Å². The molecular weight excluding hydrogens is 214 g/mol. The summed E-state index contributed by atoms with van der Waals surface area (Å²) in [5.41, 5.74) is 0. The summed E-state index contributed by atoms with van der Waals surface area (Å²) in [7, 11) is 0. The first-order valence-electron chi connectivity index (χ1n) is 4.89. The lowest BCUT2D eigenvalue weighted by molar-refractivity contribution is 0.590. The average Bonchev–Trinajstić information content (AvgIpc) is 2.58. The van der Waals surface area contributed by atoms with Crippen molar-refractivity contribution < 1.29 is 0 Å². The Morgan fingerprint density at radius 2 is 2.36 bits per heavy atom. The molecule has 0 spiro atoms. The van der Waals surface area contributed by atoms with E-state index in [1.54, 1.807) is 11.8 Å². The van der Waals surface area contributed by atoms with Gasteiger partial charge in [0.15, 0.2) is 4.34 Å². The molecule has 0 aliphatic heterocycles. The van der Waals surface area contributed by atoms with Gasteiger partial charge < -0.3 is 5.32 Å². The highest BCUT2D eigenvalue weighted by Crippen LogP contribution is 2.20. The van der Waals surface area contributed by atoms with Crippen molar-refractivity contribution in [3.05, 3.63) is 5.82 Å². The van der Waals surface area contributed by atoms with E-state index in [-0.39, 0.29) is 0 Å². The van der Waals surface area contributed by atoms with Gasteiger partial charge in [0.05, 0.1) is 0 Å². The van der Waals surface area contributed by atoms with E-state index in [1.807, 2.05) is 6.92 Å². The molecule has 0 aliphatic rings. The fraction of sp³-hybridized carbons (Fsp3) is 0.778. The molecule has 0 saturated heterocycles. The molecule has 0 amide bonds. The molecule has 0 bridgehead atoms. The molecule has 14 heavy (non-hydrogen) atoms. The summed E-state index contributed by atoms with van der Waals surface area (Å²) in [5, 5.41) is 3.44. The molecule has 1 atom stereocenters. The molecule has 1 aromatic rings. The van der Waals surface area contributed by atoms with E-state index in [2.05, 4.69) is 28.5 Å². The molecule has 0 aromatic carbocycles. The lowest BCUT2D eigenvalue weighted by Gasteiger charge is -2.10. The Kier molecular flexibility index (Phi) is 5.44. The average molecular weight is 231 g/mol. The maximum atomic E-state index is 4.31. The van der Waals surface area contributed by atoms with Gasteiger partial charge in [-0.2, -0.15) is 4.37 Å². The smallest absolute Gasteiger partial charge is 0.170 e. The molecule has 5 heteroatoms. The lowest BCUT2D eigenvalue weighted by atomic mass is 10.3. The van der Waals surface area contributed by atoms with E-state index in [4.69, 9.17) is 0 Å². The summed E-state index contributed by atoms with van der Waals surface area (Å²) in [5.74, 6) is 1.95. The molecule has 80 valence electrons. The lowest BCUT2D eigenvalue weighted by Crippen LogP contribution is -2.28. The number of nitrogens with one attached hydrogen (secondary N) is 1. The zero-order valence-electron chi connectivity index (χ0n) is 8.91. The van der Waals surface area contributed by atoms with Crippen LogP contribution < -0.4 is 5.32 Å². The van der Waals surface area contributed by atoms with Crippen LogP contribution in [0.25, 0.3) is 0 Å². The summed E-state index contributed by atoms with van der Waals surface area (Å²) in [6, 6.07) is 0.546. The van der Waals surface area contributed by atoms with Gasteiger partial charge in [-0.1, -0.05) is 18.7 Å². The van der Waals surface area contributed by atoms with Crippen LogP contribution in [0.4, 0.5) is 0 Å². The molecule has 0 aliphatic carbocycles. The van der Waals surface area contributed by atoms with Crippen LogP contribution >= 0.6 is 23.3 Å². The van der Waals surface area contributed by atoms with Crippen LogP contribution in [0.15, 0.2) is 4.34 Å². The van der Waals surface area contributed by atoms with Crippen LogP contribution in [0.3, 0.4) is 0 Å². The third kappa shape index (κ3) is 4.39. The highest BCUT2D eigenvalue weighted by Gasteiger charge is 2.04. The van der Waals surface area contributed by atoms with Gasteiger partial charge in [0.1, 0.15) is 5.82 Å². The minimum absolute atomic E-state index is 0.546. The standard InChI is InChI=1S/C9H17N3S2/c1-4-5-10-7(2)6-13-9-11-8(3)12-14-9/h7,10H,4-6H2,1-3H3. The number of hydrogen-bond acceptors (Lipinski definition) is 5. The topological polar surface area (TPSA) is 37.8 Å². The molecule has 0 saturated carbocycles. The van der Waals surface area contributed by atoms with Crippen molar-refractivity contribution >= 4 is 23.3 Å². The van der Waals surface area contributed by atoms with Crippen molar-refractivity contribution in [3.63, 3.8) is 0 Å². The van der Waals surface area contributed by atoms with Crippen LogP contribution in [0, 0.1) is 6.92 Å². The Labute approximate surface area is 93.9 Å². The number of hydrogen-bond donors (Lipinski definition) is 1. The second kappa shape index (κ2) is 6.37. The molecule has 1 rings (SSSR count). The van der Waals surface area contributed by atoms with E-state index >= 15 is 0 Å². The van der Waals surface area contributed by atoms with Crippen molar-refractivity contribution in [2.24, 2.45) is 0 Å². The molecule has 1 aromatic heterocycles. The van der Waals surface area contributed by atoms with E-state index in [0.29, 0.717) is 6.04 Å². The van der Waals surface area contributed by atoms with Crippen molar-refractivity contribution in [1.82, 2.24) is 14.7 Å². The molecule has 1 heterocycles. The predicted molar refractivity (Wildman–Crippen MR) is 63.1 cm³/mol. The van der Waals surface area contributed by atoms with Crippen LogP contribution in [0.1, 0.15) is 26.1 Å². The first-order valence-corrected chi connectivity index (χ1v) is 6.64. The minimum Gasteiger partial charge on any atom is -0.313 e. The first kappa shape index (κ1) is 11.9. The summed E-state index contributed by atoms with van der Waals surface area (Å²) in [4.78, 5) is 4.31. The van der Waals surface area contributed by atoms with Gasteiger partial charge in [0.25, 0.3) is 0 Å². The minimum atomic E-state index is 0.546. The van der Waals surface area contributed by atoms with Crippen LogP contribution in [0.5, 0.6) is 0 Å². The summed E-state index contributed by atoms with van der Waals surface area (Å²) in [6.45, 7) is 7.41. The highest BCUT2D eigenvalue weighted by molar-refractivity contribution is 8.00. The SMILES string of the molecule is CCCNC(C)CSc1nc(C)ns1. The normalized spacial score (nSPS) is 13.1. The van der Waals surface area contributed by atoms with Gasteiger partial charge >= 0.3 is 0 Å². The van der Waals surface area contributed by atoms with E-state index in [0.717, 1.165) is 22.5 Å². The van der Waals surface area contributed by atoms with Crippen LogP contribution in [-0.4, -0.2) is 27.7 Å². The van der Waals surface area contributed by atoms with Crippen molar-refractivity contribution in [3.8, 4) is 0 Å². The predicted octanol–water partition coefficient (Wildman–Crippen LogP) is 2.33. The second-order valence-corrected chi connectivity index (χ2v) is 5.29. The maximum absolute atomic E-state index is 4.31.